The van der Waals surface area contributed by atoms with Gasteiger partial charge in [-0.1, -0.05) is 25.8 Å². The van der Waals surface area contributed by atoms with Gasteiger partial charge in [-0.3, -0.25) is 4.98 Å². The van der Waals surface area contributed by atoms with Crippen molar-refractivity contribution in [2.45, 2.75) is 39.5 Å². The van der Waals surface area contributed by atoms with E-state index in [-0.39, 0.29) is 15.9 Å². The summed E-state index contributed by atoms with van der Waals surface area (Å²) in [4.78, 5) is 15.1. The van der Waals surface area contributed by atoms with Crippen molar-refractivity contribution in [3.8, 4) is 0 Å². The molecular weight excluding hydrogens is 399 g/mol. The van der Waals surface area contributed by atoms with Crippen LogP contribution in [0.5, 0.6) is 0 Å². The van der Waals surface area contributed by atoms with Gasteiger partial charge < -0.3 is 0 Å². The summed E-state index contributed by atoms with van der Waals surface area (Å²) in [5.74, 6) is -0.379. The van der Waals surface area contributed by atoms with Crippen LogP contribution in [0.1, 0.15) is 38.8 Å². The molecule has 8 heteroatoms. The molecule has 1 aromatic heterocycles. The molecule has 2 rings (SSSR count). The number of para-hydroxylation sites is 1. The topological polar surface area (TPSA) is 109 Å². The third-order valence-electron chi connectivity index (χ3n) is 3.39. The molecule has 26 heavy (non-hydrogen) atoms. The Balaban J connectivity index is 0.000000273. The van der Waals surface area contributed by atoms with Crippen molar-refractivity contribution >= 4 is 30.1 Å². The Labute approximate surface area is 156 Å². The van der Waals surface area contributed by atoms with Crippen molar-refractivity contribution in [3.05, 3.63) is 54.4 Å². The number of nitrogens with one attached hydrogen (secondary N) is 1. The first-order valence-electron chi connectivity index (χ1n) is 8.33. The molecule has 1 atom stereocenters. The largest absolute Gasteiger partial charge is 0.261 e. The first-order chi connectivity index (χ1) is 12.4. The number of anilines is 1. The standard InChI is InChI=1S/C10H15N.C8H10AsNO5/c1-2-3-4-7-10-8-5-6-9-11-10;1-6(11)10-8-5-3-2-4-7(8)9(12,13)15-14/h5-6,8-9H,2-4,7H2,1H3;2-5,14H,1H3,(H,10,11)(H,12,13). The van der Waals surface area contributed by atoms with Crippen molar-refractivity contribution in [2.75, 3.05) is 5.32 Å². The number of carbonyl (C=O) groups is 1. The van der Waals surface area contributed by atoms with Gasteiger partial charge in [0.05, 0.1) is 0 Å². The van der Waals surface area contributed by atoms with Crippen LogP contribution in [0.3, 0.4) is 0 Å². The molecule has 0 saturated carbocycles. The Hall–Kier alpha value is -1.92. The van der Waals surface area contributed by atoms with E-state index in [9.17, 15) is 12.6 Å². The zero-order valence-electron chi connectivity index (χ0n) is 15.0. The van der Waals surface area contributed by atoms with E-state index in [1.165, 1.54) is 50.1 Å². The van der Waals surface area contributed by atoms with Gasteiger partial charge in [-0.15, -0.1) is 0 Å². The van der Waals surface area contributed by atoms with Crippen molar-refractivity contribution in [2.24, 2.45) is 0 Å². The summed E-state index contributed by atoms with van der Waals surface area (Å²) in [5.41, 5.74) is 1.38. The third kappa shape index (κ3) is 7.97. The van der Waals surface area contributed by atoms with Gasteiger partial charge >= 0.3 is 88.4 Å². The van der Waals surface area contributed by atoms with E-state index < -0.39 is 14.2 Å². The van der Waals surface area contributed by atoms with Crippen LogP contribution in [0.15, 0.2) is 48.7 Å². The maximum Gasteiger partial charge on any atom is 0.0403 e. The van der Waals surface area contributed by atoms with Crippen molar-refractivity contribution in [1.82, 2.24) is 4.98 Å². The van der Waals surface area contributed by atoms with Crippen molar-refractivity contribution in [3.63, 3.8) is 0 Å². The van der Waals surface area contributed by atoms with Crippen molar-refractivity contribution < 1.29 is 21.8 Å². The number of benzene rings is 1. The maximum atomic E-state index is 11.4. The molecular formula is C18H25AsN2O5. The molecule has 1 unspecified atom stereocenters. The molecule has 0 bridgehead atoms. The molecule has 1 aromatic carbocycles. The van der Waals surface area contributed by atoms with E-state index >= 15 is 0 Å². The van der Waals surface area contributed by atoms with Gasteiger partial charge in [0, 0.05) is 11.9 Å². The number of amides is 1. The molecule has 0 aliphatic rings. The Morgan fingerprint density at radius 3 is 2.46 bits per heavy atom. The minimum Gasteiger partial charge on any atom is -0.261 e. The molecule has 1 heterocycles. The van der Waals surface area contributed by atoms with Gasteiger partial charge in [0.1, 0.15) is 0 Å². The monoisotopic (exact) mass is 424 g/mol. The fourth-order valence-corrected chi connectivity index (χ4v) is 3.83. The number of aromatic nitrogens is 1. The number of carbonyl (C=O) groups excluding carboxylic acids is 1. The van der Waals surface area contributed by atoms with Gasteiger partial charge in [-0.05, 0) is 25.0 Å². The number of hydrogen-bond acceptors (Lipinski definition) is 5. The van der Waals surface area contributed by atoms with Crippen LogP contribution < -0.4 is 9.67 Å². The molecule has 2 aromatic rings. The van der Waals surface area contributed by atoms with Crippen LogP contribution in [-0.4, -0.2) is 34.4 Å². The number of nitrogens with zero attached hydrogens (tertiary/aromatic N) is 1. The molecule has 1 amide bonds. The maximum absolute atomic E-state index is 11.4. The number of pyridine rings is 1. The van der Waals surface area contributed by atoms with E-state index in [0.29, 0.717) is 0 Å². The van der Waals surface area contributed by atoms with E-state index in [4.69, 9.17) is 5.26 Å². The summed E-state index contributed by atoms with van der Waals surface area (Å²) in [6.45, 7) is 3.49. The summed E-state index contributed by atoms with van der Waals surface area (Å²) in [7, 11) is 0. The van der Waals surface area contributed by atoms with Gasteiger partial charge in [0.25, 0.3) is 0 Å². The summed E-state index contributed by atoms with van der Waals surface area (Å²) >= 11 is -4.92. The smallest absolute Gasteiger partial charge is 0.0403 e. The van der Waals surface area contributed by atoms with Crippen LogP contribution >= 0.6 is 0 Å². The first kappa shape index (κ1) is 22.1. The zero-order valence-corrected chi connectivity index (χ0v) is 16.8. The second kappa shape index (κ2) is 11.6. The molecule has 0 aliphatic heterocycles. The van der Waals surface area contributed by atoms with Crippen molar-refractivity contribution in [1.29, 1.82) is 0 Å². The average molecular weight is 424 g/mol. The number of unbranched alkanes of at least 4 members (excludes halogenated alkanes) is 2. The van der Waals surface area contributed by atoms with Gasteiger partial charge in [0.15, 0.2) is 0 Å². The number of hydrogen-bond donors (Lipinski definition) is 3. The number of rotatable bonds is 7. The SMILES string of the molecule is CC(=O)Nc1ccccc1[As](=O)(O)OO.CCCCCc1ccccn1. The van der Waals surface area contributed by atoms with Crippen LogP contribution in [0.25, 0.3) is 0 Å². The Kier molecular flexibility index (Phi) is 9.91. The molecule has 0 spiro atoms. The third-order valence-corrected chi connectivity index (χ3v) is 5.95. The molecule has 3 N–H and O–H groups in total. The van der Waals surface area contributed by atoms with E-state index in [2.05, 4.69) is 27.2 Å². The van der Waals surface area contributed by atoms with Gasteiger partial charge in [-0.25, -0.2) is 0 Å². The van der Waals surface area contributed by atoms with Crippen LogP contribution in [0, 0.1) is 0 Å². The normalized spacial score (nSPS) is 12.5. The predicted octanol–water partition coefficient (Wildman–Crippen LogP) is 2.52. The first-order valence-corrected chi connectivity index (χ1v) is 11.6. The Morgan fingerprint density at radius 1 is 1.19 bits per heavy atom. The predicted molar refractivity (Wildman–Crippen MR) is 100 cm³/mol. The molecule has 0 aliphatic carbocycles. The average Bonchev–Trinajstić information content (AvgIpc) is 2.63. The Morgan fingerprint density at radius 2 is 1.88 bits per heavy atom. The fourth-order valence-electron chi connectivity index (χ4n) is 2.16. The Bertz CT molecular complexity index is 725. The minimum atomic E-state index is -4.92. The molecule has 0 radical (unpaired) electrons. The molecule has 142 valence electrons. The van der Waals surface area contributed by atoms with Gasteiger partial charge in [-0.2, -0.15) is 0 Å². The zero-order chi connectivity index (χ0) is 19.4. The summed E-state index contributed by atoms with van der Waals surface area (Å²) < 4.78 is 24.1. The fraction of sp³-hybridized carbons (Fsp3) is 0.333. The van der Waals surface area contributed by atoms with E-state index in [0.717, 1.165) is 6.42 Å². The van der Waals surface area contributed by atoms with E-state index in [1.54, 1.807) is 6.07 Å². The summed E-state index contributed by atoms with van der Waals surface area (Å²) in [6, 6.07) is 11.9. The van der Waals surface area contributed by atoms with Crippen LogP contribution in [-0.2, 0) is 18.8 Å². The summed E-state index contributed by atoms with van der Waals surface area (Å²) in [5, 5.41) is 10.7. The molecule has 0 fully saturated rings. The van der Waals surface area contributed by atoms with Crippen LogP contribution in [0.4, 0.5) is 5.69 Å². The quantitative estimate of drug-likeness (QED) is 0.273. The van der Waals surface area contributed by atoms with Crippen LogP contribution in [0.2, 0.25) is 0 Å². The molecule has 0 saturated heterocycles. The molecule has 7 nitrogen and oxygen atoms in total. The summed E-state index contributed by atoms with van der Waals surface area (Å²) in [6.07, 6.45) is 6.87. The second-order valence-electron chi connectivity index (χ2n) is 5.58. The second-order valence-corrected chi connectivity index (χ2v) is 9.12. The van der Waals surface area contributed by atoms with Gasteiger partial charge in [0.2, 0.25) is 0 Å². The number of aryl methyl sites for hydroxylation is 1. The van der Waals surface area contributed by atoms with E-state index in [1.807, 2.05) is 18.3 Å². The minimum absolute atomic E-state index is 0.103.